The molecule has 2 unspecified atom stereocenters. The van der Waals surface area contributed by atoms with E-state index in [-0.39, 0.29) is 23.9 Å². The molecular formula is C18H28N2O. The molecule has 4 aliphatic carbocycles. The number of rotatable bonds is 3. The van der Waals surface area contributed by atoms with Gasteiger partial charge in [0.2, 0.25) is 5.91 Å². The Morgan fingerprint density at radius 3 is 2.19 bits per heavy atom. The average molecular weight is 288 g/mol. The first kappa shape index (κ1) is 14.9. The fourth-order valence-electron chi connectivity index (χ4n) is 6.56. The van der Waals surface area contributed by atoms with Gasteiger partial charge in [-0.1, -0.05) is 13.8 Å². The SMILES string of the molecule is CC(C)N(CC#N)C(=O)C12CC3CC(C)(CC(C)(C3)C1)C2. The molecule has 0 N–H and O–H groups in total. The van der Waals surface area contributed by atoms with Crippen LogP contribution in [0.5, 0.6) is 0 Å². The summed E-state index contributed by atoms with van der Waals surface area (Å²) in [5, 5.41) is 9.07. The summed E-state index contributed by atoms with van der Waals surface area (Å²) in [4.78, 5) is 15.1. The quantitative estimate of drug-likeness (QED) is 0.742. The van der Waals surface area contributed by atoms with Crippen molar-refractivity contribution < 1.29 is 4.79 Å². The number of hydrogen-bond acceptors (Lipinski definition) is 2. The number of carbonyl (C=O) groups excluding carboxylic acids is 1. The van der Waals surface area contributed by atoms with Crippen molar-refractivity contribution in [2.24, 2.45) is 22.2 Å². The van der Waals surface area contributed by atoms with Gasteiger partial charge in [0.15, 0.2) is 0 Å². The lowest BCUT2D eigenvalue weighted by atomic mass is 9.40. The van der Waals surface area contributed by atoms with Gasteiger partial charge in [0.05, 0.1) is 11.5 Å². The second-order valence-electron chi connectivity index (χ2n) is 9.10. The largest absolute Gasteiger partial charge is 0.326 e. The summed E-state index contributed by atoms with van der Waals surface area (Å²) >= 11 is 0. The third-order valence-corrected chi connectivity index (χ3v) is 6.21. The predicted molar refractivity (Wildman–Crippen MR) is 82.3 cm³/mol. The number of amides is 1. The van der Waals surface area contributed by atoms with Crippen molar-refractivity contribution in [3.8, 4) is 6.07 Å². The Kier molecular flexibility index (Phi) is 3.17. The Bertz CT molecular complexity index is 486. The molecule has 0 saturated heterocycles. The van der Waals surface area contributed by atoms with Crippen LogP contribution in [0.25, 0.3) is 0 Å². The molecule has 21 heavy (non-hydrogen) atoms. The van der Waals surface area contributed by atoms with Crippen LogP contribution in [-0.4, -0.2) is 23.4 Å². The van der Waals surface area contributed by atoms with Gasteiger partial charge in [0, 0.05) is 6.04 Å². The van der Waals surface area contributed by atoms with Crippen molar-refractivity contribution in [1.29, 1.82) is 5.26 Å². The minimum absolute atomic E-state index is 0.116. The molecule has 0 radical (unpaired) electrons. The topological polar surface area (TPSA) is 44.1 Å². The average Bonchev–Trinajstić information content (AvgIpc) is 2.30. The van der Waals surface area contributed by atoms with Crippen LogP contribution in [0.1, 0.15) is 66.2 Å². The van der Waals surface area contributed by atoms with Crippen LogP contribution in [0.15, 0.2) is 0 Å². The molecule has 4 aliphatic rings. The Morgan fingerprint density at radius 1 is 1.19 bits per heavy atom. The summed E-state index contributed by atoms with van der Waals surface area (Å²) in [6.45, 7) is 9.07. The standard InChI is InChI=1S/C18H28N2O/c1-13(2)20(6-5-19)15(21)18-9-14-7-16(3,11-18)10-17(4,8-14)12-18/h13-14H,6-12H2,1-4H3. The van der Waals surface area contributed by atoms with E-state index in [1.807, 2.05) is 18.7 Å². The number of hydrogen-bond donors (Lipinski definition) is 0. The normalized spacial score (nSPS) is 43.9. The van der Waals surface area contributed by atoms with Gasteiger partial charge in [-0.15, -0.1) is 0 Å². The van der Waals surface area contributed by atoms with Crippen LogP contribution < -0.4 is 0 Å². The molecule has 0 spiro atoms. The van der Waals surface area contributed by atoms with Gasteiger partial charge in [-0.2, -0.15) is 5.26 Å². The molecule has 4 fully saturated rings. The Labute approximate surface area is 128 Å². The number of nitriles is 1. The van der Waals surface area contributed by atoms with E-state index in [2.05, 4.69) is 19.9 Å². The smallest absolute Gasteiger partial charge is 0.229 e. The molecule has 0 aromatic carbocycles. The Hall–Kier alpha value is -1.04. The fourth-order valence-corrected chi connectivity index (χ4v) is 6.56. The Balaban J connectivity index is 1.94. The van der Waals surface area contributed by atoms with Gasteiger partial charge >= 0.3 is 0 Å². The third-order valence-electron chi connectivity index (χ3n) is 6.21. The van der Waals surface area contributed by atoms with Crippen molar-refractivity contribution in [3.63, 3.8) is 0 Å². The monoisotopic (exact) mass is 288 g/mol. The fraction of sp³-hybridized carbons (Fsp3) is 0.889. The molecule has 4 bridgehead atoms. The lowest BCUT2D eigenvalue weighted by Gasteiger charge is -2.65. The minimum atomic E-state index is -0.177. The second kappa shape index (κ2) is 4.48. The van der Waals surface area contributed by atoms with E-state index in [1.54, 1.807) is 0 Å². The summed E-state index contributed by atoms with van der Waals surface area (Å²) in [6, 6.07) is 2.30. The summed E-state index contributed by atoms with van der Waals surface area (Å²) in [5.41, 5.74) is 0.516. The summed E-state index contributed by atoms with van der Waals surface area (Å²) in [6.07, 6.45) is 7.03. The molecule has 0 aliphatic heterocycles. The summed E-state index contributed by atoms with van der Waals surface area (Å²) in [7, 11) is 0. The second-order valence-corrected chi connectivity index (χ2v) is 9.10. The van der Waals surface area contributed by atoms with Gasteiger partial charge < -0.3 is 4.90 Å². The molecule has 1 amide bonds. The van der Waals surface area contributed by atoms with E-state index in [0.29, 0.717) is 10.8 Å². The van der Waals surface area contributed by atoms with E-state index in [9.17, 15) is 4.79 Å². The lowest BCUT2D eigenvalue weighted by molar-refractivity contribution is -0.180. The molecule has 4 rings (SSSR count). The van der Waals surface area contributed by atoms with Gasteiger partial charge in [0.25, 0.3) is 0 Å². The van der Waals surface area contributed by atoms with Crippen molar-refractivity contribution >= 4 is 5.91 Å². The van der Waals surface area contributed by atoms with Crippen LogP contribution in [0.2, 0.25) is 0 Å². The zero-order valence-corrected chi connectivity index (χ0v) is 13.9. The van der Waals surface area contributed by atoms with E-state index in [4.69, 9.17) is 5.26 Å². The van der Waals surface area contributed by atoms with Gasteiger partial charge in [0.1, 0.15) is 6.54 Å². The zero-order valence-electron chi connectivity index (χ0n) is 13.9. The van der Waals surface area contributed by atoms with Crippen molar-refractivity contribution in [1.82, 2.24) is 4.90 Å². The lowest BCUT2D eigenvalue weighted by Crippen LogP contribution is -2.61. The first-order chi connectivity index (χ1) is 9.71. The highest BCUT2D eigenvalue weighted by molar-refractivity contribution is 5.84. The Morgan fingerprint density at radius 2 is 1.76 bits per heavy atom. The van der Waals surface area contributed by atoms with E-state index in [0.717, 1.165) is 25.2 Å². The van der Waals surface area contributed by atoms with Gasteiger partial charge in [-0.05, 0) is 69.1 Å². The highest BCUT2D eigenvalue weighted by Crippen LogP contribution is 2.69. The molecule has 0 aromatic heterocycles. The van der Waals surface area contributed by atoms with Crippen LogP contribution in [-0.2, 0) is 4.79 Å². The summed E-state index contributed by atoms with van der Waals surface area (Å²) < 4.78 is 0. The van der Waals surface area contributed by atoms with Crippen molar-refractivity contribution in [2.45, 2.75) is 72.3 Å². The highest BCUT2D eigenvalue weighted by Gasteiger charge is 2.63. The molecular weight excluding hydrogens is 260 g/mol. The van der Waals surface area contributed by atoms with Crippen LogP contribution in [0, 0.1) is 33.5 Å². The maximum atomic E-state index is 13.3. The summed E-state index contributed by atoms with van der Waals surface area (Å²) in [5.74, 6) is 0.983. The maximum Gasteiger partial charge on any atom is 0.229 e. The van der Waals surface area contributed by atoms with E-state index >= 15 is 0 Å². The molecule has 116 valence electrons. The van der Waals surface area contributed by atoms with Crippen LogP contribution in [0.3, 0.4) is 0 Å². The minimum Gasteiger partial charge on any atom is -0.326 e. The molecule has 0 aromatic rings. The highest BCUT2D eigenvalue weighted by atomic mass is 16.2. The number of nitrogens with zero attached hydrogens (tertiary/aromatic N) is 2. The first-order valence-corrected chi connectivity index (χ1v) is 8.39. The zero-order chi connectivity index (χ0) is 15.5. The van der Waals surface area contributed by atoms with E-state index in [1.165, 1.54) is 19.3 Å². The predicted octanol–water partition coefficient (Wildman–Crippen LogP) is 3.74. The molecule has 3 heteroatoms. The first-order valence-electron chi connectivity index (χ1n) is 8.39. The van der Waals surface area contributed by atoms with Crippen LogP contribution in [0.4, 0.5) is 0 Å². The molecule has 2 atom stereocenters. The van der Waals surface area contributed by atoms with Crippen molar-refractivity contribution in [2.75, 3.05) is 6.54 Å². The molecule has 4 saturated carbocycles. The van der Waals surface area contributed by atoms with E-state index < -0.39 is 0 Å². The number of carbonyl (C=O) groups is 1. The molecule has 3 nitrogen and oxygen atoms in total. The third kappa shape index (κ3) is 2.28. The maximum absolute atomic E-state index is 13.3. The molecule has 0 heterocycles. The van der Waals surface area contributed by atoms with Gasteiger partial charge in [-0.25, -0.2) is 0 Å². The van der Waals surface area contributed by atoms with Gasteiger partial charge in [-0.3, -0.25) is 4.79 Å². The van der Waals surface area contributed by atoms with Crippen molar-refractivity contribution in [3.05, 3.63) is 0 Å². The van der Waals surface area contributed by atoms with Crippen LogP contribution >= 0.6 is 0 Å².